The number of piperazine rings is 1. The van der Waals surface area contributed by atoms with Crippen molar-refractivity contribution in [3.05, 3.63) is 24.2 Å². The second-order valence-corrected chi connectivity index (χ2v) is 4.19. The van der Waals surface area contributed by atoms with Crippen molar-refractivity contribution in [3.63, 3.8) is 0 Å². The lowest BCUT2D eigenvalue weighted by Crippen LogP contribution is -2.50. The van der Waals surface area contributed by atoms with E-state index in [2.05, 4.69) is 0 Å². The lowest BCUT2D eigenvalue weighted by atomic mass is 10.2. The van der Waals surface area contributed by atoms with Gasteiger partial charge in [-0.25, -0.2) is 0 Å². The molecule has 6 heteroatoms. The zero-order chi connectivity index (χ0) is 13.0. The minimum absolute atomic E-state index is 0.0580. The first-order chi connectivity index (χ1) is 8.72. The molecule has 0 aliphatic carbocycles. The Labute approximate surface area is 105 Å². The third kappa shape index (κ3) is 2.70. The first-order valence-electron chi connectivity index (χ1n) is 6.03. The quantitative estimate of drug-likeness (QED) is 0.814. The van der Waals surface area contributed by atoms with E-state index in [0.717, 1.165) is 0 Å². The Kier molecular flexibility index (Phi) is 3.99. The van der Waals surface area contributed by atoms with E-state index in [1.165, 1.54) is 6.26 Å². The molecule has 2 amide bonds. The molecule has 0 aromatic carbocycles. The fraction of sp³-hybridized carbons (Fsp3) is 0.500. The molecular weight excluding hydrogens is 234 g/mol. The molecule has 0 unspecified atom stereocenters. The van der Waals surface area contributed by atoms with Gasteiger partial charge in [0.05, 0.1) is 6.26 Å². The van der Waals surface area contributed by atoms with E-state index in [9.17, 15) is 9.59 Å². The molecule has 0 atom stereocenters. The predicted molar refractivity (Wildman–Crippen MR) is 64.9 cm³/mol. The Morgan fingerprint density at radius 3 is 2.44 bits per heavy atom. The number of nitrogens with two attached hydrogens (primary N) is 1. The summed E-state index contributed by atoms with van der Waals surface area (Å²) in [6, 6.07) is 3.34. The minimum Gasteiger partial charge on any atom is -0.459 e. The molecule has 1 aliphatic heterocycles. The van der Waals surface area contributed by atoms with Crippen LogP contribution in [0.5, 0.6) is 0 Å². The summed E-state index contributed by atoms with van der Waals surface area (Å²) in [4.78, 5) is 27.0. The van der Waals surface area contributed by atoms with E-state index < -0.39 is 0 Å². The summed E-state index contributed by atoms with van der Waals surface area (Å²) in [6.07, 6.45) is 1.85. The van der Waals surface area contributed by atoms with Crippen molar-refractivity contribution < 1.29 is 14.0 Å². The average molecular weight is 251 g/mol. The third-order valence-electron chi connectivity index (χ3n) is 3.01. The van der Waals surface area contributed by atoms with Crippen molar-refractivity contribution >= 4 is 11.8 Å². The van der Waals surface area contributed by atoms with Crippen molar-refractivity contribution in [3.8, 4) is 0 Å². The lowest BCUT2D eigenvalue weighted by molar-refractivity contribution is -0.132. The van der Waals surface area contributed by atoms with Crippen LogP contribution in [0.2, 0.25) is 0 Å². The van der Waals surface area contributed by atoms with E-state index in [0.29, 0.717) is 44.9 Å². The molecule has 1 aromatic rings. The molecule has 2 rings (SSSR count). The van der Waals surface area contributed by atoms with Crippen molar-refractivity contribution in [1.29, 1.82) is 0 Å². The van der Waals surface area contributed by atoms with Crippen LogP contribution < -0.4 is 5.73 Å². The summed E-state index contributed by atoms with van der Waals surface area (Å²) in [6.45, 7) is 2.56. The van der Waals surface area contributed by atoms with Gasteiger partial charge in [0.1, 0.15) is 0 Å². The minimum atomic E-state index is -0.120. The maximum Gasteiger partial charge on any atom is 0.289 e. The normalized spacial score (nSPS) is 15.8. The molecule has 0 radical (unpaired) electrons. The molecule has 1 fully saturated rings. The highest BCUT2D eigenvalue weighted by Crippen LogP contribution is 2.09. The van der Waals surface area contributed by atoms with Gasteiger partial charge in [0.15, 0.2) is 5.76 Å². The zero-order valence-electron chi connectivity index (χ0n) is 10.2. The van der Waals surface area contributed by atoms with Gasteiger partial charge in [0.2, 0.25) is 5.91 Å². The van der Waals surface area contributed by atoms with Crippen molar-refractivity contribution in [2.75, 3.05) is 32.7 Å². The smallest absolute Gasteiger partial charge is 0.289 e. The number of furan rings is 1. The number of carbonyl (C=O) groups excluding carboxylic acids is 2. The summed E-state index contributed by atoms with van der Waals surface area (Å²) in [7, 11) is 0. The summed E-state index contributed by atoms with van der Waals surface area (Å²) >= 11 is 0. The second kappa shape index (κ2) is 5.68. The molecule has 1 aliphatic rings. The summed E-state index contributed by atoms with van der Waals surface area (Å²) in [5.74, 6) is 0.283. The topological polar surface area (TPSA) is 79.8 Å². The fourth-order valence-corrected chi connectivity index (χ4v) is 2.00. The standard InChI is InChI=1S/C12H17N3O3/c13-4-3-11(16)14-5-7-15(8-6-14)12(17)10-2-1-9-18-10/h1-2,9H,3-8,13H2. The highest BCUT2D eigenvalue weighted by atomic mass is 16.3. The van der Waals surface area contributed by atoms with Gasteiger partial charge in [-0.15, -0.1) is 0 Å². The van der Waals surface area contributed by atoms with E-state index in [-0.39, 0.29) is 11.8 Å². The highest BCUT2D eigenvalue weighted by molar-refractivity contribution is 5.91. The van der Waals surface area contributed by atoms with E-state index in [4.69, 9.17) is 10.2 Å². The van der Waals surface area contributed by atoms with Gasteiger partial charge < -0.3 is 20.0 Å². The van der Waals surface area contributed by atoms with Crippen molar-refractivity contribution in [2.24, 2.45) is 5.73 Å². The SMILES string of the molecule is NCCC(=O)N1CCN(C(=O)c2ccco2)CC1. The highest BCUT2D eigenvalue weighted by Gasteiger charge is 2.25. The Morgan fingerprint density at radius 2 is 1.89 bits per heavy atom. The maximum atomic E-state index is 12.0. The van der Waals surface area contributed by atoms with Crippen LogP contribution in [0.25, 0.3) is 0 Å². The zero-order valence-corrected chi connectivity index (χ0v) is 10.2. The summed E-state index contributed by atoms with van der Waals surface area (Å²) in [5.41, 5.74) is 5.35. The number of nitrogens with zero attached hydrogens (tertiary/aromatic N) is 2. The predicted octanol–water partition coefficient (Wildman–Crippen LogP) is -0.0872. The summed E-state index contributed by atoms with van der Waals surface area (Å²) in [5, 5.41) is 0. The van der Waals surface area contributed by atoms with Crippen LogP contribution in [0.3, 0.4) is 0 Å². The van der Waals surface area contributed by atoms with Gasteiger partial charge in [-0.05, 0) is 12.1 Å². The fourth-order valence-electron chi connectivity index (χ4n) is 2.00. The van der Waals surface area contributed by atoms with Crippen LogP contribution in [0.4, 0.5) is 0 Å². The van der Waals surface area contributed by atoms with Gasteiger partial charge in [0.25, 0.3) is 5.91 Å². The molecule has 0 spiro atoms. The van der Waals surface area contributed by atoms with Crippen LogP contribution in [0.15, 0.2) is 22.8 Å². The van der Waals surface area contributed by atoms with Crippen LogP contribution in [0, 0.1) is 0 Å². The molecule has 1 aromatic heterocycles. The van der Waals surface area contributed by atoms with Crippen LogP contribution in [0.1, 0.15) is 17.0 Å². The maximum absolute atomic E-state index is 12.0. The monoisotopic (exact) mass is 251 g/mol. The second-order valence-electron chi connectivity index (χ2n) is 4.19. The van der Waals surface area contributed by atoms with E-state index in [1.54, 1.807) is 21.9 Å². The Balaban J connectivity index is 1.87. The molecule has 1 saturated heterocycles. The lowest BCUT2D eigenvalue weighted by Gasteiger charge is -2.34. The van der Waals surface area contributed by atoms with Crippen molar-refractivity contribution in [1.82, 2.24) is 9.80 Å². The van der Waals surface area contributed by atoms with Gasteiger partial charge in [-0.2, -0.15) is 0 Å². The number of hydrogen-bond donors (Lipinski definition) is 1. The molecule has 2 N–H and O–H groups in total. The first-order valence-corrected chi connectivity index (χ1v) is 6.03. The molecular formula is C12H17N3O3. The molecule has 2 heterocycles. The number of rotatable bonds is 3. The van der Waals surface area contributed by atoms with Crippen molar-refractivity contribution in [2.45, 2.75) is 6.42 Å². The Morgan fingerprint density at radius 1 is 1.22 bits per heavy atom. The van der Waals surface area contributed by atoms with Crippen LogP contribution >= 0.6 is 0 Å². The summed E-state index contributed by atoms with van der Waals surface area (Å²) < 4.78 is 5.07. The first kappa shape index (κ1) is 12.6. The Bertz CT molecular complexity index is 408. The number of hydrogen-bond acceptors (Lipinski definition) is 4. The van der Waals surface area contributed by atoms with E-state index >= 15 is 0 Å². The van der Waals surface area contributed by atoms with Crippen LogP contribution in [-0.2, 0) is 4.79 Å². The molecule has 98 valence electrons. The Hall–Kier alpha value is -1.82. The van der Waals surface area contributed by atoms with Gasteiger partial charge in [0, 0.05) is 39.1 Å². The van der Waals surface area contributed by atoms with Gasteiger partial charge >= 0.3 is 0 Å². The molecule has 18 heavy (non-hydrogen) atoms. The molecule has 6 nitrogen and oxygen atoms in total. The molecule has 0 bridgehead atoms. The number of carbonyl (C=O) groups is 2. The van der Waals surface area contributed by atoms with Gasteiger partial charge in [-0.1, -0.05) is 0 Å². The average Bonchev–Trinajstić information content (AvgIpc) is 2.92. The third-order valence-corrected chi connectivity index (χ3v) is 3.01. The van der Waals surface area contributed by atoms with E-state index in [1.807, 2.05) is 0 Å². The largest absolute Gasteiger partial charge is 0.459 e. The molecule has 0 saturated carbocycles. The number of amides is 2. The van der Waals surface area contributed by atoms with Gasteiger partial charge in [-0.3, -0.25) is 9.59 Å². The van der Waals surface area contributed by atoms with Crippen LogP contribution in [-0.4, -0.2) is 54.3 Å².